The van der Waals surface area contributed by atoms with Crippen LogP contribution in [0.15, 0.2) is 6.07 Å². The molecule has 1 aromatic rings. The molecule has 0 spiro atoms. The number of aromatic nitrogens is 2. The molecule has 0 unspecified atom stereocenters. The van der Waals surface area contributed by atoms with Crippen molar-refractivity contribution >= 4 is 17.7 Å². The van der Waals surface area contributed by atoms with Crippen LogP contribution in [0.3, 0.4) is 0 Å². The van der Waals surface area contributed by atoms with Crippen LogP contribution in [0.25, 0.3) is 0 Å². The minimum absolute atomic E-state index is 0.328. The van der Waals surface area contributed by atoms with Crippen molar-refractivity contribution in [2.24, 2.45) is 5.92 Å². The molecule has 2 saturated heterocycles. The van der Waals surface area contributed by atoms with Gasteiger partial charge in [-0.2, -0.15) is 4.98 Å². The Labute approximate surface area is 156 Å². The Morgan fingerprint density at radius 3 is 2.54 bits per heavy atom. The molecule has 0 bridgehead atoms. The third kappa shape index (κ3) is 4.26. The van der Waals surface area contributed by atoms with Gasteiger partial charge in [0.2, 0.25) is 5.95 Å². The number of rotatable bonds is 5. The van der Waals surface area contributed by atoms with Crippen LogP contribution in [-0.4, -0.2) is 72.3 Å². The van der Waals surface area contributed by atoms with Gasteiger partial charge in [0.1, 0.15) is 5.82 Å². The summed E-state index contributed by atoms with van der Waals surface area (Å²) in [5.74, 6) is 0.613. The number of anilines is 2. The first-order chi connectivity index (χ1) is 12.5. The van der Waals surface area contributed by atoms with Crippen molar-refractivity contribution in [1.82, 2.24) is 14.9 Å². The van der Waals surface area contributed by atoms with Gasteiger partial charge in [-0.15, -0.1) is 0 Å². The summed E-state index contributed by atoms with van der Waals surface area (Å²) < 4.78 is 0. The van der Waals surface area contributed by atoms with Crippen LogP contribution >= 0.6 is 0 Å². The maximum atomic E-state index is 11.7. The fourth-order valence-electron chi connectivity index (χ4n) is 3.85. The topological polar surface area (TPSA) is 72.8 Å². The molecule has 0 amide bonds. The monoisotopic (exact) mass is 361 g/mol. The molecule has 7 nitrogen and oxygen atoms in total. The average molecular weight is 361 g/mol. The molecular formula is C19H31N5O2. The SMILES string of the molecule is CCc1cc(N2C[C@@H](C(=O)O)CC[C@@H](N(C)C)C2)nc(N2CCCC2)n1. The Kier molecular flexibility index (Phi) is 5.96. The van der Waals surface area contributed by atoms with E-state index in [0.717, 1.165) is 49.9 Å². The lowest BCUT2D eigenvalue weighted by molar-refractivity contribution is -0.141. The van der Waals surface area contributed by atoms with E-state index in [-0.39, 0.29) is 5.92 Å². The highest BCUT2D eigenvalue weighted by atomic mass is 16.4. The maximum absolute atomic E-state index is 11.7. The number of aliphatic carboxylic acids is 1. The fraction of sp³-hybridized carbons (Fsp3) is 0.737. The van der Waals surface area contributed by atoms with Gasteiger partial charge in [-0.25, -0.2) is 4.98 Å². The average Bonchev–Trinajstić information content (AvgIpc) is 3.06. The second kappa shape index (κ2) is 8.20. The second-order valence-electron chi connectivity index (χ2n) is 7.70. The van der Waals surface area contributed by atoms with Gasteiger partial charge in [0.25, 0.3) is 0 Å². The molecule has 0 aliphatic carbocycles. The Morgan fingerprint density at radius 2 is 1.92 bits per heavy atom. The third-order valence-corrected chi connectivity index (χ3v) is 5.63. The standard InChI is InChI=1S/C19H31N5O2/c1-4-15-11-17(21-19(20-15)23-9-5-6-10-23)24-12-14(18(25)26)7-8-16(13-24)22(2)3/h11,14,16H,4-10,12-13H2,1-3H3,(H,25,26)/t14-,16+/m0/s1. The van der Waals surface area contributed by atoms with E-state index in [9.17, 15) is 9.90 Å². The van der Waals surface area contributed by atoms with E-state index in [1.165, 1.54) is 12.8 Å². The van der Waals surface area contributed by atoms with Crippen molar-refractivity contribution < 1.29 is 9.90 Å². The predicted octanol–water partition coefficient (Wildman–Crippen LogP) is 1.87. The van der Waals surface area contributed by atoms with Crippen molar-refractivity contribution in [3.63, 3.8) is 0 Å². The van der Waals surface area contributed by atoms with Gasteiger partial charge in [-0.3, -0.25) is 4.79 Å². The summed E-state index contributed by atoms with van der Waals surface area (Å²) in [6.45, 7) is 5.43. The number of hydrogen-bond acceptors (Lipinski definition) is 6. The fourth-order valence-corrected chi connectivity index (χ4v) is 3.85. The van der Waals surface area contributed by atoms with Gasteiger partial charge in [0.05, 0.1) is 5.92 Å². The molecule has 144 valence electrons. The first-order valence-corrected chi connectivity index (χ1v) is 9.75. The van der Waals surface area contributed by atoms with Crippen molar-refractivity contribution in [3.8, 4) is 0 Å². The zero-order valence-electron chi connectivity index (χ0n) is 16.2. The Balaban J connectivity index is 1.92. The number of aryl methyl sites for hydroxylation is 1. The summed E-state index contributed by atoms with van der Waals surface area (Å²) in [7, 11) is 4.13. The summed E-state index contributed by atoms with van der Waals surface area (Å²) in [4.78, 5) is 27.9. The van der Waals surface area contributed by atoms with Crippen LogP contribution in [0, 0.1) is 5.92 Å². The molecule has 3 heterocycles. The molecule has 0 saturated carbocycles. The highest BCUT2D eigenvalue weighted by molar-refractivity contribution is 5.71. The van der Waals surface area contributed by atoms with E-state index in [1.807, 2.05) is 6.07 Å². The summed E-state index contributed by atoms with van der Waals surface area (Å²) in [6, 6.07) is 2.37. The summed E-state index contributed by atoms with van der Waals surface area (Å²) >= 11 is 0. The van der Waals surface area contributed by atoms with Crippen LogP contribution < -0.4 is 9.80 Å². The lowest BCUT2D eigenvalue weighted by Crippen LogP contribution is -2.40. The second-order valence-corrected chi connectivity index (χ2v) is 7.70. The summed E-state index contributed by atoms with van der Waals surface area (Å²) in [5, 5.41) is 9.60. The molecule has 1 aromatic heterocycles. The van der Waals surface area contributed by atoms with Gasteiger partial charge in [0.15, 0.2) is 0 Å². The van der Waals surface area contributed by atoms with Gasteiger partial charge in [-0.05, 0) is 46.2 Å². The quantitative estimate of drug-likeness (QED) is 0.858. The van der Waals surface area contributed by atoms with Gasteiger partial charge >= 0.3 is 5.97 Å². The normalized spacial score (nSPS) is 24.2. The molecular weight excluding hydrogens is 330 g/mol. The van der Waals surface area contributed by atoms with E-state index < -0.39 is 5.97 Å². The number of carbonyl (C=O) groups is 1. The molecule has 3 rings (SSSR count). The molecule has 0 aromatic carbocycles. The lowest BCUT2D eigenvalue weighted by Gasteiger charge is -2.30. The van der Waals surface area contributed by atoms with E-state index in [2.05, 4.69) is 35.7 Å². The summed E-state index contributed by atoms with van der Waals surface area (Å²) in [5.41, 5.74) is 1.02. The van der Waals surface area contributed by atoms with E-state index in [1.54, 1.807) is 0 Å². The number of nitrogens with zero attached hydrogens (tertiary/aromatic N) is 5. The maximum Gasteiger partial charge on any atom is 0.308 e. The molecule has 2 aliphatic rings. The summed E-state index contributed by atoms with van der Waals surface area (Å²) in [6.07, 6.45) is 4.82. The van der Waals surface area contributed by atoms with Crippen LogP contribution in [0.2, 0.25) is 0 Å². The molecule has 2 fully saturated rings. The van der Waals surface area contributed by atoms with E-state index in [4.69, 9.17) is 9.97 Å². The zero-order valence-corrected chi connectivity index (χ0v) is 16.2. The third-order valence-electron chi connectivity index (χ3n) is 5.63. The molecule has 7 heteroatoms. The molecule has 26 heavy (non-hydrogen) atoms. The number of carboxylic acid groups (broad SMARTS) is 1. The largest absolute Gasteiger partial charge is 0.481 e. The van der Waals surface area contributed by atoms with Gasteiger partial charge in [-0.1, -0.05) is 6.92 Å². The smallest absolute Gasteiger partial charge is 0.308 e. The van der Waals surface area contributed by atoms with Crippen molar-refractivity contribution in [1.29, 1.82) is 0 Å². The van der Waals surface area contributed by atoms with Gasteiger partial charge in [0, 0.05) is 44.0 Å². The molecule has 2 aliphatic heterocycles. The van der Waals surface area contributed by atoms with Crippen molar-refractivity contribution in [2.75, 3.05) is 50.1 Å². The van der Waals surface area contributed by atoms with Gasteiger partial charge < -0.3 is 19.8 Å². The Hall–Kier alpha value is -1.89. The first kappa shape index (κ1) is 18.9. The van der Waals surface area contributed by atoms with Crippen LogP contribution in [0.5, 0.6) is 0 Å². The highest BCUT2D eigenvalue weighted by Gasteiger charge is 2.30. The number of hydrogen-bond donors (Lipinski definition) is 1. The predicted molar refractivity (Wildman–Crippen MR) is 103 cm³/mol. The molecule has 0 radical (unpaired) electrons. The highest BCUT2D eigenvalue weighted by Crippen LogP contribution is 2.26. The van der Waals surface area contributed by atoms with Crippen molar-refractivity contribution in [2.45, 2.75) is 45.1 Å². The molecule has 2 atom stereocenters. The minimum atomic E-state index is -0.709. The van der Waals surface area contributed by atoms with Crippen LogP contribution in [-0.2, 0) is 11.2 Å². The Morgan fingerprint density at radius 1 is 1.19 bits per heavy atom. The number of carboxylic acids is 1. The minimum Gasteiger partial charge on any atom is -0.481 e. The first-order valence-electron chi connectivity index (χ1n) is 9.75. The number of likely N-dealkylation sites (N-methyl/N-ethyl adjacent to an activating group) is 1. The van der Waals surface area contributed by atoms with Crippen molar-refractivity contribution in [3.05, 3.63) is 11.8 Å². The van der Waals surface area contributed by atoms with Crippen LogP contribution in [0.4, 0.5) is 11.8 Å². The van der Waals surface area contributed by atoms with Crippen LogP contribution in [0.1, 0.15) is 38.3 Å². The molecule has 1 N–H and O–H groups in total. The van der Waals surface area contributed by atoms with E-state index in [0.29, 0.717) is 19.0 Å². The van der Waals surface area contributed by atoms with E-state index >= 15 is 0 Å². The lowest BCUT2D eigenvalue weighted by atomic mass is 10.0. The zero-order chi connectivity index (χ0) is 18.7. The Bertz CT molecular complexity index is 630.